The van der Waals surface area contributed by atoms with Crippen LogP contribution >= 0.6 is 0 Å². The molecule has 2 aromatic carbocycles. The highest BCUT2D eigenvalue weighted by molar-refractivity contribution is 5.97. The van der Waals surface area contributed by atoms with Crippen molar-refractivity contribution in [3.8, 4) is 11.6 Å². The molecule has 0 saturated heterocycles. The minimum atomic E-state index is -5.02. The highest BCUT2D eigenvalue weighted by Crippen LogP contribution is 2.31. The second-order valence-corrected chi connectivity index (χ2v) is 9.63. The third-order valence-corrected chi connectivity index (χ3v) is 5.48. The summed E-state index contributed by atoms with van der Waals surface area (Å²) in [6.07, 6.45) is -0.267. The summed E-state index contributed by atoms with van der Waals surface area (Å²) < 4.78 is 45.6. The number of nitrogens with zero attached hydrogens (tertiary/aromatic N) is 4. The van der Waals surface area contributed by atoms with Crippen LogP contribution in [0.1, 0.15) is 31.9 Å². The minimum Gasteiger partial charge on any atom is -0.438 e. The van der Waals surface area contributed by atoms with Gasteiger partial charge in [-0.2, -0.15) is 18.3 Å². The Kier molecular flexibility index (Phi) is 7.07. The molecule has 0 aliphatic rings. The van der Waals surface area contributed by atoms with E-state index in [0.29, 0.717) is 27.9 Å². The van der Waals surface area contributed by atoms with Crippen molar-refractivity contribution in [1.82, 2.24) is 19.7 Å². The van der Waals surface area contributed by atoms with Crippen LogP contribution in [0, 0.1) is 6.92 Å². The Morgan fingerprint density at radius 2 is 1.76 bits per heavy atom. The van der Waals surface area contributed by atoms with E-state index < -0.39 is 12.1 Å². The van der Waals surface area contributed by atoms with Gasteiger partial charge in [0.05, 0.1) is 34.7 Å². The first-order valence-electron chi connectivity index (χ1n) is 11.5. The predicted octanol–water partition coefficient (Wildman–Crippen LogP) is 5.36. The third-order valence-electron chi connectivity index (χ3n) is 5.48. The molecule has 0 fully saturated rings. The number of carbonyl (C=O) groups excluding carboxylic acids is 2. The number of hydrogen-bond donors (Lipinski definition) is 2. The molecular weight excluding hydrogens is 501 g/mol. The van der Waals surface area contributed by atoms with Gasteiger partial charge in [-0.1, -0.05) is 12.1 Å². The van der Waals surface area contributed by atoms with Crippen LogP contribution in [0.5, 0.6) is 11.6 Å². The van der Waals surface area contributed by atoms with Gasteiger partial charge < -0.3 is 15.4 Å². The number of rotatable bonds is 6. The standard InChI is InChI=1S/C26H25F3N6O3/c1-15-9-16(10-22(36)33-18-12-32-35(13-18)25(2,3)4)5-8-21(15)38-23-19-11-17(34-24(37)26(27,28)29)6-7-20(19)30-14-31-23/h5-9,11-14H,10H2,1-4H3,(H,33,36)(H,34,37). The Morgan fingerprint density at radius 1 is 1.00 bits per heavy atom. The lowest BCUT2D eigenvalue weighted by molar-refractivity contribution is -0.167. The Balaban J connectivity index is 1.48. The fourth-order valence-corrected chi connectivity index (χ4v) is 3.58. The van der Waals surface area contributed by atoms with E-state index in [1.165, 1.54) is 24.5 Å². The summed E-state index contributed by atoms with van der Waals surface area (Å²) in [6.45, 7) is 7.81. The van der Waals surface area contributed by atoms with E-state index >= 15 is 0 Å². The van der Waals surface area contributed by atoms with Crippen LogP contribution in [0.3, 0.4) is 0 Å². The van der Waals surface area contributed by atoms with Crippen molar-refractivity contribution in [2.75, 3.05) is 10.6 Å². The Morgan fingerprint density at radius 3 is 2.42 bits per heavy atom. The maximum absolute atomic E-state index is 12.6. The monoisotopic (exact) mass is 526 g/mol. The number of fused-ring (bicyclic) bond motifs is 1. The first kappa shape index (κ1) is 26.6. The Bertz CT molecular complexity index is 1510. The van der Waals surface area contributed by atoms with Crippen LogP contribution < -0.4 is 15.4 Å². The maximum atomic E-state index is 12.6. The van der Waals surface area contributed by atoms with Crippen molar-refractivity contribution in [1.29, 1.82) is 0 Å². The van der Waals surface area contributed by atoms with Gasteiger partial charge in [-0.3, -0.25) is 14.3 Å². The van der Waals surface area contributed by atoms with E-state index in [4.69, 9.17) is 4.74 Å². The lowest BCUT2D eigenvalue weighted by Crippen LogP contribution is -2.29. The molecule has 2 aromatic heterocycles. The zero-order chi connectivity index (χ0) is 27.7. The number of aromatic nitrogens is 4. The number of anilines is 2. The van der Waals surface area contributed by atoms with Crippen molar-refractivity contribution < 1.29 is 27.5 Å². The zero-order valence-corrected chi connectivity index (χ0v) is 21.1. The lowest BCUT2D eigenvalue weighted by atomic mass is 10.1. The Hall–Kier alpha value is -4.48. The van der Waals surface area contributed by atoms with E-state index in [1.54, 1.807) is 42.2 Å². The van der Waals surface area contributed by atoms with Gasteiger partial charge in [0.2, 0.25) is 11.8 Å². The highest BCUT2D eigenvalue weighted by Gasteiger charge is 2.38. The molecule has 2 amide bonds. The SMILES string of the molecule is Cc1cc(CC(=O)Nc2cnn(C(C)(C)C)c2)ccc1Oc1ncnc2ccc(NC(=O)C(F)(F)F)cc12. The summed E-state index contributed by atoms with van der Waals surface area (Å²) in [4.78, 5) is 32.1. The van der Waals surface area contributed by atoms with Crippen LogP contribution in [-0.4, -0.2) is 37.7 Å². The van der Waals surface area contributed by atoms with Crippen molar-refractivity contribution in [3.63, 3.8) is 0 Å². The molecule has 0 aliphatic heterocycles. The molecule has 0 spiro atoms. The molecule has 0 atom stereocenters. The molecule has 9 nitrogen and oxygen atoms in total. The van der Waals surface area contributed by atoms with Crippen molar-refractivity contribution in [3.05, 3.63) is 66.2 Å². The van der Waals surface area contributed by atoms with Crippen molar-refractivity contribution >= 4 is 34.1 Å². The smallest absolute Gasteiger partial charge is 0.438 e. The van der Waals surface area contributed by atoms with E-state index in [2.05, 4.69) is 20.4 Å². The molecular formula is C26H25F3N6O3. The van der Waals surface area contributed by atoms with Gasteiger partial charge >= 0.3 is 12.1 Å². The number of carbonyl (C=O) groups is 2. The summed E-state index contributed by atoms with van der Waals surface area (Å²) in [7, 11) is 0. The van der Waals surface area contributed by atoms with Gasteiger partial charge in [0.15, 0.2) is 0 Å². The number of alkyl halides is 3. The fourth-order valence-electron chi connectivity index (χ4n) is 3.58. The number of nitrogens with one attached hydrogen (secondary N) is 2. The number of halogens is 3. The molecule has 2 heterocycles. The topological polar surface area (TPSA) is 111 Å². The molecule has 38 heavy (non-hydrogen) atoms. The first-order valence-corrected chi connectivity index (χ1v) is 11.5. The average molecular weight is 527 g/mol. The average Bonchev–Trinajstić information content (AvgIpc) is 3.29. The number of ether oxygens (including phenoxy) is 1. The molecule has 4 rings (SSSR count). The van der Waals surface area contributed by atoms with Gasteiger partial charge in [-0.25, -0.2) is 9.97 Å². The van der Waals surface area contributed by atoms with Gasteiger partial charge in [-0.05, 0) is 63.1 Å². The van der Waals surface area contributed by atoms with Gasteiger partial charge in [-0.15, -0.1) is 0 Å². The number of aryl methyl sites for hydroxylation is 1. The summed E-state index contributed by atoms with van der Waals surface area (Å²) in [6, 6.07) is 9.28. The number of amides is 2. The minimum absolute atomic E-state index is 0.0781. The fraction of sp³-hybridized carbons (Fsp3) is 0.269. The molecule has 0 saturated carbocycles. The van der Waals surface area contributed by atoms with Crippen molar-refractivity contribution in [2.45, 2.75) is 45.8 Å². The molecule has 4 aromatic rings. The van der Waals surface area contributed by atoms with Crippen LogP contribution in [0.2, 0.25) is 0 Å². The summed E-state index contributed by atoms with van der Waals surface area (Å²) in [5.74, 6) is -1.76. The largest absolute Gasteiger partial charge is 0.471 e. The van der Waals surface area contributed by atoms with E-state index in [0.717, 1.165) is 5.56 Å². The first-order chi connectivity index (χ1) is 17.8. The molecule has 0 aliphatic carbocycles. The van der Waals surface area contributed by atoms with Gasteiger partial charge in [0.25, 0.3) is 0 Å². The van der Waals surface area contributed by atoms with Crippen molar-refractivity contribution in [2.24, 2.45) is 0 Å². The highest BCUT2D eigenvalue weighted by atomic mass is 19.4. The normalized spacial score (nSPS) is 11.9. The van der Waals surface area contributed by atoms with Crippen LogP contribution in [0.4, 0.5) is 24.5 Å². The number of benzene rings is 2. The van der Waals surface area contributed by atoms with E-state index in [1.807, 2.05) is 26.1 Å². The van der Waals surface area contributed by atoms with Crippen LogP contribution in [0.15, 0.2) is 55.1 Å². The maximum Gasteiger partial charge on any atom is 0.471 e. The molecule has 0 unspecified atom stereocenters. The zero-order valence-electron chi connectivity index (χ0n) is 21.1. The molecule has 198 valence electrons. The second-order valence-electron chi connectivity index (χ2n) is 9.63. The summed E-state index contributed by atoms with van der Waals surface area (Å²) in [5, 5.41) is 9.22. The van der Waals surface area contributed by atoms with Gasteiger partial charge in [0.1, 0.15) is 12.1 Å². The summed E-state index contributed by atoms with van der Waals surface area (Å²) in [5.41, 5.74) is 2.20. The lowest BCUT2D eigenvalue weighted by Gasteiger charge is -2.18. The van der Waals surface area contributed by atoms with E-state index in [-0.39, 0.29) is 29.4 Å². The van der Waals surface area contributed by atoms with Gasteiger partial charge in [0, 0.05) is 11.9 Å². The van der Waals surface area contributed by atoms with Crippen LogP contribution in [-0.2, 0) is 21.5 Å². The molecule has 0 radical (unpaired) electrons. The Labute approximate surface area is 216 Å². The quantitative estimate of drug-likeness (QED) is 0.350. The molecule has 12 heteroatoms. The van der Waals surface area contributed by atoms with E-state index in [9.17, 15) is 22.8 Å². The molecule has 0 bridgehead atoms. The third kappa shape index (κ3) is 6.25. The molecule has 2 N–H and O–H groups in total. The number of hydrogen-bond acceptors (Lipinski definition) is 6. The predicted molar refractivity (Wildman–Crippen MR) is 135 cm³/mol. The summed E-state index contributed by atoms with van der Waals surface area (Å²) >= 11 is 0. The second kappa shape index (κ2) is 10.1. The van der Waals surface area contributed by atoms with Crippen LogP contribution in [0.25, 0.3) is 10.9 Å².